The number of ether oxygens (including phenoxy) is 6. The molecule has 3 N–H and O–H groups in total. The number of nitrogen functional groups attached to an aromatic ring is 1. The minimum Gasteiger partial charge on any atom is -0.461 e. The van der Waals surface area contributed by atoms with Crippen LogP contribution in [0.4, 0.5) is 10.5 Å². The number of esters is 2. The molecule has 0 aliphatic carbocycles. The van der Waals surface area contributed by atoms with E-state index in [2.05, 4.69) is 34.0 Å². The average molecular weight is 963 g/mol. The number of pyridine rings is 1. The molecule has 382 valence electrons. The van der Waals surface area contributed by atoms with Gasteiger partial charge in [-0.1, -0.05) is 44.2 Å². The van der Waals surface area contributed by atoms with Crippen LogP contribution in [0.15, 0.2) is 55.0 Å². The van der Waals surface area contributed by atoms with Gasteiger partial charge in [-0.25, -0.2) is 4.79 Å². The Morgan fingerprint density at radius 3 is 2.46 bits per heavy atom. The van der Waals surface area contributed by atoms with E-state index < -0.39 is 77.8 Å². The number of nitrogens with zero attached hydrogens (tertiary/aromatic N) is 7. The van der Waals surface area contributed by atoms with E-state index in [1.54, 1.807) is 48.1 Å². The van der Waals surface area contributed by atoms with Crippen molar-refractivity contribution < 1.29 is 47.9 Å². The second kappa shape index (κ2) is 23.0. The first kappa shape index (κ1) is 53.6. The molecule has 5 heterocycles. The molecule has 69 heavy (non-hydrogen) atoms. The van der Waals surface area contributed by atoms with Crippen LogP contribution in [0.3, 0.4) is 0 Å². The monoisotopic (exact) mass is 963 g/mol. The Hall–Kier alpha value is -4.72. The first-order chi connectivity index (χ1) is 32.7. The van der Waals surface area contributed by atoms with Gasteiger partial charge in [-0.15, -0.1) is 5.10 Å². The van der Waals surface area contributed by atoms with Gasteiger partial charge in [0, 0.05) is 68.4 Å². The molecule has 18 heteroatoms. The van der Waals surface area contributed by atoms with Gasteiger partial charge in [0.1, 0.15) is 24.0 Å². The van der Waals surface area contributed by atoms with E-state index in [9.17, 15) is 19.5 Å². The van der Waals surface area contributed by atoms with Gasteiger partial charge in [-0.05, 0) is 118 Å². The van der Waals surface area contributed by atoms with Crippen LogP contribution in [0.25, 0.3) is 11.3 Å². The number of hydrogen-bond acceptors (Lipinski definition) is 16. The summed E-state index contributed by atoms with van der Waals surface area (Å²) in [6, 6.07) is 9.97. The van der Waals surface area contributed by atoms with Gasteiger partial charge in [0.25, 0.3) is 0 Å². The summed E-state index contributed by atoms with van der Waals surface area (Å²) in [5, 5.41) is 20.5. The lowest BCUT2D eigenvalue weighted by atomic mass is 9.77. The van der Waals surface area contributed by atoms with Crippen LogP contribution in [0.1, 0.15) is 93.1 Å². The minimum absolute atomic E-state index is 0.0297. The maximum Gasteiger partial charge on any atom is 0.410 e. The Morgan fingerprint density at radius 1 is 1.06 bits per heavy atom. The molecule has 1 aromatic carbocycles. The molecule has 3 fully saturated rings. The highest BCUT2D eigenvalue weighted by Crippen LogP contribution is 2.42. The molecule has 18 nitrogen and oxygen atoms in total. The number of amides is 1. The van der Waals surface area contributed by atoms with Gasteiger partial charge in [-0.2, -0.15) is 0 Å². The Labute approximate surface area is 408 Å². The summed E-state index contributed by atoms with van der Waals surface area (Å²) in [7, 11) is 7.49. The molecular weight excluding hydrogens is 885 g/mol. The third kappa shape index (κ3) is 12.4. The lowest BCUT2D eigenvalue weighted by Crippen LogP contribution is -2.61. The van der Waals surface area contributed by atoms with Crippen LogP contribution in [0, 0.1) is 17.8 Å². The number of carbonyl (C=O) groups excluding carboxylic acids is 3. The molecular formula is C51H78N8O10. The number of benzene rings is 1. The smallest absolute Gasteiger partial charge is 0.410 e. The Balaban J connectivity index is 1.33. The van der Waals surface area contributed by atoms with Crippen molar-refractivity contribution in [1.29, 1.82) is 0 Å². The normalized spacial score (nSPS) is 34.1. The molecule has 3 aliphatic rings. The number of aromatic nitrogens is 4. The zero-order valence-electron chi connectivity index (χ0n) is 42.8. The third-order valence-corrected chi connectivity index (χ3v) is 14.8. The number of rotatable bonds is 14. The number of fused-ring (bicyclic) bond motifs is 1. The quantitative estimate of drug-likeness (QED) is 0.0872. The van der Waals surface area contributed by atoms with E-state index in [0.29, 0.717) is 63.0 Å². The first-order valence-corrected chi connectivity index (χ1v) is 24.6. The van der Waals surface area contributed by atoms with Crippen LogP contribution in [0.2, 0.25) is 0 Å². The van der Waals surface area contributed by atoms with E-state index in [0.717, 1.165) is 11.3 Å². The number of aliphatic hydroxyl groups is 1. The predicted molar refractivity (Wildman–Crippen MR) is 259 cm³/mol. The molecule has 0 bridgehead atoms. The Morgan fingerprint density at radius 2 is 1.80 bits per heavy atom. The van der Waals surface area contributed by atoms with Gasteiger partial charge >= 0.3 is 18.0 Å². The van der Waals surface area contributed by atoms with Crippen LogP contribution in [-0.2, 0) is 51.0 Å². The van der Waals surface area contributed by atoms with E-state index in [-0.39, 0.29) is 30.5 Å². The second-order valence-electron chi connectivity index (χ2n) is 20.5. The van der Waals surface area contributed by atoms with E-state index in [1.165, 1.54) is 0 Å². The van der Waals surface area contributed by atoms with Crippen LogP contribution in [-0.4, -0.2) is 165 Å². The average Bonchev–Trinajstić information content (AvgIpc) is 3.89. The minimum atomic E-state index is -1.27. The number of unbranched alkanes of at least 4 members (excludes halogenated alkanes) is 1. The van der Waals surface area contributed by atoms with Gasteiger partial charge in [0.15, 0.2) is 11.9 Å². The SMILES string of the molecule is CC[C@H]1OC(=O)[C@H](C)C(OC(=O)Cc2cccnc2)[C@@H](C)[C@@H](O[C@@H]2O[C@H](C)CC(N(C)C)C2O)[C@](C)(OC)C[C@@H](C)CN(C)[C@H](C)[C@H]2N(CCCCn3cc(-c4cccc(N)c4)nn3)C(=O)O[C@]12C. The molecule has 3 saturated heterocycles. The zero-order valence-corrected chi connectivity index (χ0v) is 42.8. The third-order valence-electron chi connectivity index (χ3n) is 14.8. The Bertz CT molecular complexity index is 2160. The predicted octanol–water partition coefficient (Wildman–Crippen LogP) is 5.61. The fourth-order valence-corrected chi connectivity index (χ4v) is 11.0. The molecule has 2 aromatic heterocycles. The van der Waals surface area contributed by atoms with Crippen LogP contribution < -0.4 is 5.73 Å². The molecule has 14 atom stereocenters. The number of hydrogen-bond donors (Lipinski definition) is 2. The number of likely N-dealkylation sites (N-methyl/N-ethyl adjacent to an activating group) is 2. The summed E-state index contributed by atoms with van der Waals surface area (Å²) in [4.78, 5) is 53.2. The lowest BCUT2D eigenvalue weighted by Gasteiger charge is -2.48. The maximum absolute atomic E-state index is 14.9. The van der Waals surface area contributed by atoms with Crippen molar-refractivity contribution >= 4 is 23.7 Å². The maximum atomic E-state index is 14.9. The van der Waals surface area contributed by atoms with Gasteiger partial charge in [0.2, 0.25) is 0 Å². The number of aliphatic hydroxyl groups excluding tert-OH is 1. The van der Waals surface area contributed by atoms with Gasteiger partial charge < -0.3 is 49.1 Å². The lowest BCUT2D eigenvalue weighted by molar-refractivity contribution is -0.302. The summed E-state index contributed by atoms with van der Waals surface area (Å²) in [5.74, 6) is -3.00. The van der Waals surface area contributed by atoms with Crippen molar-refractivity contribution in [2.45, 2.75) is 167 Å². The number of carbonyl (C=O) groups is 3. The highest BCUT2D eigenvalue weighted by molar-refractivity contribution is 5.76. The van der Waals surface area contributed by atoms with Crippen LogP contribution in [0.5, 0.6) is 0 Å². The number of anilines is 1. The first-order valence-electron chi connectivity index (χ1n) is 24.6. The summed E-state index contributed by atoms with van der Waals surface area (Å²) in [6.45, 7) is 17.0. The standard InChI is InChI=1S/C51H78N8O10/c1-13-41-51(8)45(59(49(63)69-51)23-15-14-22-58-30-39(54-55-58)37-19-16-20-38(52)26-37)35(6)57(11)29-31(2)27-50(7,64-12)46(68-48-43(61)40(56(9)10)24-32(3)65-48)33(4)44(34(5)47(62)66-41)67-42(60)25-36-18-17-21-53-28-36/h16-21,26,28,30-35,40-41,43-46,48,61H,13-15,22-25,27,29,52H2,1-12H3/t31-,32-,33-,34-,35-,40?,41-,43?,44?,45-,46-,48+,50-,51-/m1/s1. The summed E-state index contributed by atoms with van der Waals surface area (Å²) in [6.07, 6.45) is 2.07. The molecule has 0 saturated carbocycles. The van der Waals surface area contributed by atoms with Gasteiger partial charge in [-0.3, -0.25) is 24.2 Å². The highest BCUT2D eigenvalue weighted by atomic mass is 16.7. The van der Waals surface area contributed by atoms with Crippen molar-refractivity contribution in [2.24, 2.45) is 17.8 Å². The zero-order chi connectivity index (χ0) is 50.4. The summed E-state index contributed by atoms with van der Waals surface area (Å²) in [5.41, 5.74) is 6.56. The van der Waals surface area contributed by atoms with Crippen molar-refractivity contribution in [3.8, 4) is 11.3 Å². The molecule has 1 amide bonds. The molecule has 6 rings (SSSR count). The Kier molecular flexibility index (Phi) is 17.9. The second-order valence-corrected chi connectivity index (χ2v) is 20.5. The highest BCUT2D eigenvalue weighted by Gasteiger charge is 2.59. The summed E-state index contributed by atoms with van der Waals surface area (Å²) < 4.78 is 40.9. The number of aryl methyl sites for hydroxylation is 1. The fraction of sp³-hybridized carbons (Fsp3) is 0.686. The van der Waals surface area contributed by atoms with Crippen molar-refractivity contribution in [1.82, 2.24) is 34.7 Å². The number of cyclic esters (lactones) is 1. The molecule has 0 radical (unpaired) electrons. The number of methoxy groups -OCH3 is 1. The van der Waals surface area contributed by atoms with Crippen LogP contribution >= 0.6 is 0 Å². The molecule has 3 unspecified atom stereocenters. The van der Waals surface area contributed by atoms with Crippen molar-refractivity contribution in [3.05, 3.63) is 60.6 Å². The van der Waals surface area contributed by atoms with E-state index in [1.807, 2.05) is 91.1 Å². The molecule has 3 aromatic rings. The number of nitrogens with two attached hydrogens (primary N) is 1. The molecule has 3 aliphatic heterocycles. The molecule has 0 spiro atoms. The fourth-order valence-electron chi connectivity index (χ4n) is 11.0. The van der Waals surface area contributed by atoms with Crippen molar-refractivity contribution in [2.75, 3.05) is 47.1 Å². The largest absolute Gasteiger partial charge is 0.461 e. The van der Waals surface area contributed by atoms with Gasteiger partial charge in [0.05, 0.1) is 42.4 Å². The summed E-state index contributed by atoms with van der Waals surface area (Å²) >= 11 is 0. The van der Waals surface area contributed by atoms with Crippen molar-refractivity contribution in [3.63, 3.8) is 0 Å². The topological polar surface area (TPSA) is 206 Å². The van der Waals surface area contributed by atoms with E-state index >= 15 is 0 Å². The van der Waals surface area contributed by atoms with E-state index in [4.69, 9.17) is 34.2 Å².